The van der Waals surface area contributed by atoms with Crippen molar-refractivity contribution >= 4 is 22.4 Å². The summed E-state index contributed by atoms with van der Waals surface area (Å²) in [6.45, 7) is 1.82. The third-order valence-corrected chi connectivity index (χ3v) is 4.76. The summed E-state index contributed by atoms with van der Waals surface area (Å²) in [6.07, 6.45) is -4.16. The third-order valence-electron chi connectivity index (χ3n) is 3.86. The number of rotatable bonds is 4. The molecule has 0 saturated carbocycles. The highest BCUT2D eigenvalue weighted by atomic mass is 32.1. The number of alkyl halides is 3. The van der Waals surface area contributed by atoms with Crippen LogP contribution in [0.15, 0.2) is 23.6 Å². The number of halogens is 3. The second-order valence-electron chi connectivity index (χ2n) is 5.58. The first-order valence-corrected chi connectivity index (χ1v) is 8.48. The smallest absolute Gasteiger partial charge is 0.335 e. The van der Waals surface area contributed by atoms with E-state index in [2.05, 4.69) is 30.7 Å². The maximum absolute atomic E-state index is 13.6. The van der Waals surface area contributed by atoms with Crippen LogP contribution in [0.4, 0.5) is 13.2 Å². The van der Waals surface area contributed by atoms with Crippen LogP contribution >= 0.6 is 11.3 Å². The molecule has 0 bridgehead atoms. The number of hydrogen-bond acceptors (Lipinski definition) is 6. The minimum Gasteiger partial charge on any atom is -0.335 e. The lowest BCUT2D eigenvalue weighted by atomic mass is 10.1. The molecule has 0 spiro atoms. The molecule has 0 aliphatic heterocycles. The van der Waals surface area contributed by atoms with Gasteiger partial charge in [-0.15, -0.1) is 11.3 Å². The highest BCUT2D eigenvalue weighted by Gasteiger charge is 2.35. The van der Waals surface area contributed by atoms with Crippen LogP contribution in [0.3, 0.4) is 0 Å². The monoisotopic (exact) mass is 378 g/mol. The lowest BCUT2D eigenvalue weighted by molar-refractivity contribution is -0.136. The van der Waals surface area contributed by atoms with Crippen molar-refractivity contribution in [1.82, 2.24) is 35.4 Å². The number of aromatic nitrogens is 7. The fraction of sp³-hybridized carbons (Fsp3) is 0.267. The molecule has 0 saturated heterocycles. The topological polar surface area (TPSA) is 83.5 Å². The van der Waals surface area contributed by atoms with Gasteiger partial charge in [0.2, 0.25) is 0 Å². The molecule has 0 aliphatic rings. The average molecular weight is 378 g/mol. The molecule has 0 radical (unpaired) electrons. The Balaban J connectivity index is 1.87. The lowest BCUT2D eigenvalue weighted by Gasteiger charge is -2.11. The SMILES string of the molecule is Cc1nn(CCc2nnn[n-]2)c2nc(-c3cccs3)cc(C(F)(F)F)c12. The number of tetrazole rings is 1. The van der Waals surface area contributed by atoms with E-state index in [1.165, 1.54) is 16.0 Å². The minimum absolute atomic E-state index is 0.0116. The second kappa shape index (κ2) is 6.16. The highest BCUT2D eigenvalue weighted by molar-refractivity contribution is 7.13. The number of hydrogen-bond donors (Lipinski definition) is 0. The molecule has 134 valence electrons. The summed E-state index contributed by atoms with van der Waals surface area (Å²) >= 11 is 1.33. The van der Waals surface area contributed by atoms with Gasteiger partial charge in [-0.3, -0.25) is 10.3 Å². The van der Waals surface area contributed by atoms with Gasteiger partial charge < -0.3 is 5.10 Å². The standard InChI is InChI=1S/C15H11F3N7S/c1-8-13-9(15(16,17)18)7-10(11-3-2-6-26-11)19-14(13)25(22-8)5-4-12-20-23-24-21-12/h2-3,6-7H,4-5H2,1H3/q-1. The summed E-state index contributed by atoms with van der Waals surface area (Å²) in [5, 5.41) is 20.3. The predicted octanol–water partition coefficient (Wildman–Crippen LogP) is 2.87. The van der Waals surface area contributed by atoms with Crippen LogP contribution in [0.1, 0.15) is 17.1 Å². The van der Waals surface area contributed by atoms with Crippen molar-refractivity contribution in [3.05, 3.63) is 40.7 Å². The normalized spacial score (nSPS) is 12.2. The zero-order chi connectivity index (χ0) is 18.3. The molecular weight excluding hydrogens is 367 g/mol. The van der Waals surface area contributed by atoms with Crippen molar-refractivity contribution in [2.45, 2.75) is 26.1 Å². The molecular formula is C15H11F3N7S-. The van der Waals surface area contributed by atoms with Crippen molar-refractivity contribution in [2.75, 3.05) is 0 Å². The molecule has 0 fully saturated rings. The van der Waals surface area contributed by atoms with E-state index in [0.29, 0.717) is 17.1 Å². The highest BCUT2D eigenvalue weighted by Crippen LogP contribution is 2.38. The van der Waals surface area contributed by atoms with E-state index < -0.39 is 11.7 Å². The molecule has 0 aromatic carbocycles. The Morgan fingerprint density at radius 3 is 2.81 bits per heavy atom. The molecule has 0 unspecified atom stereocenters. The van der Waals surface area contributed by atoms with E-state index in [4.69, 9.17) is 0 Å². The molecule has 4 aromatic rings. The van der Waals surface area contributed by atoms with Gasteiger partial charge in [-0.2, -0.15) is 23.5 Å². The summed E-state index contributed by atoms with van der Waals surface area (Å²) in [7, 11) is 0. The van der Waals surface area contributed by atoms with E-state index in [1.54, 1.807) is 24.4 Å². The van der Waals surface area contributed by atoms with Gasteiger partial charge in [-0.05, 0) is 30.9 Å². The van der Waals surface area contributed by atoms with Crippen LogP contribution in [0.2, 0.25) is 0 Å². The Labute approximate surface area is 148 Å². The van der Waals surface area contributed by atoms with Crippen molar-refractivity contribution < 1.29 is 13.2 Å². The van der Waals surface area contributed by atoms with Crippen LogP contribution in [-0.2, 0) is 19.1 Å². The molecule has 26 heavy (non-hydrogen) atoms. The largest absolute Gasteiger partial charge is 0.417 e. The molecule has 0 atom stereocenters. The van der Waals surface area contributed by atoms with E-state index in [1.807, 2.05) is 0 Å². The van der Waals surface area contributed by atoms with Crippen LogP contribution in [0, 0.1) is 6.92 Å². The van der Waals surface area contributed by atoms with Crippen LogP contribution in [0.5, 0.6) is 0 Å². The second-order valence-corrected chi connectivity index (χ2v) is 6.53. The first-order chi connectivity index (χ1) is 12.4. The quantitative estimate of drug-likeness (QED) is 0.543. The average Bonchev–Trinajstić information content (AvgIpc) is 3.33. The van der Waals surface area contributed by atoms with Crippen LogP contribution < -0.4 is 5.10 Å². The van der Waals surface area contributed by atoms with Crippen molar-refractivity contribution in [1.29, 1.82) is 0 Å². The van der Waals surface area contributed by atoms with Gasteiger partial charge in [0.25, 0.3) is 0 Å². The fourth-order valence-corrected chi connectivity index (χ4v) is 3.44. The first-order valence-electron chi connectivity index (χ1n) is 7.60. The van der Waals surface area contributed by atoms with Gasteiger partial charge in [0.15, 0.2) is 5.65 Å². The van der Waals surface area contributed by atoms with Crippen molar-refractivity contribution in [3.63, 3.8) is 0 Å². The summed E-state index contributed by atoms with van der Waals surface area (Å²) < 4.78 is 42.4. The van der Waals surface area contributed by atoms with Gasteiger partial charge in [0.1, 0.15) is 0 Å². The van der Waals surface area contributed by atoms with Gasteiger partial charge >= 0.3 is 6.18 Å². The molecule has 0 amide bonds. The van der Waals surface area contributed by atoms with Gasteiger partial charge in [0.05, 0.1) is 27.2 Å². The number of thiophene rings is 1. The molecule has 7 nitrogen and oxygen atoms in total. The zero-order valence-corrected chi connectivity index (χ0v) is 14.2. The van der Waals surface area contributed by atoms with E-state index in [9.17, 15) is 13.2 Å². The van der Waals surface area contributed by atoms with Gasteiger partial charge in [-0.25, -0.2) is 9.67 Å². The molecule has 4 aromatic heterocycles. The maximum Gasteiger partial charge on any atom is 0.417 e. The number of pyridine rings is 1. The van der Waals surface area contributed by atoms with E-state index in [-0.39, 0.29) is 29.0 Å². The summed E-state index contributed by atoms with van der Waals surface area (Å²) in [6, 6.07) is 4.59. The molecule has 0 aliphatic carbocycles. The Morgan fingerprint density at radius 1 is 1.31 bits per heavy atom. The van der Waals surface area contributed by atoms with Crippen molar-refractivity contribution in [2.24, 2.45) is 0 Å². The summed E-state index contributed by atoms with van der Waals surface area (Å²) in [4.78, 5) is 5.11. The Bertz CT molecular complexity index is 1040. The van der Waals surface area contributed by atoms with Crippen LogP contribution in [0.25, 0.3) is 21.6 Å². The molecule has 11 heteroatoms. The van der Waals surface area contributed by atoms with Gasteiger partial charge in [-0.1, -0.05) is 6.07 Å². The summed E-state index contributed by atoms with van der Waals surface area (Å²) in [5.74, 6) is 0.400. The van der Waals surface area contributed by atoms with Crippen LogP contribution in [-0.4, -0.2) is 30.3 Å². The van der Waals surface area contributed by atoms with E-state index >= 15 is 0 Å². The number of aryl methyl sites for hydroxylation is 3. The molecule has 4 heterocycles. The molecule has 0 N–H and O–H groups in total. The van der Waals surface area contributed by atoms with Crippen molar-refractivity contribution in [3.8, 4) is 10.6 Å². The molecule has 4 rings (SSSR count). The predicted molar refractivity (Wildman–Crippen MR) is 87.4 cm³/mol. The Kier molecular flexibility index (Phi) is 3.94. The third kappa shape index (κ3) is 2.94. The zero-order valence-electron chi connectivity index (χ0n) is 13.4. The minimum atomic E-state index is -4.51. The Morgan fingerprint density at radius 2 is 2.15 bits per heavy atom. The summed E-state index contributed by atoms with van der Waals surface area (Å²) in [5.41, 5.74) is 0.00171. The maximum atomic E-state index is 13.6. The fourth-order valence-electron chi connectivity index (χ4n) is 2.75. The number of nitrogens with zero attached hydrogens (tertiary/aromatic N) is 7. The first kappa shape index (κ1) is 16.6. The van der Waals surface area contributed by atoms with Gasteiger partial charge in [0, 0.05) is 12.4 Å². The Hall–Kier alpha value is -2.82. The number of fused-ring (bicyclic) bond motifs is 1. The van der Waals surface area contributed by atoms with E-state index in [0.717, 1.165) is 6.07 Å². The lowest BCUT2D eigenvalue weighted by Crippen LogP contribution is -2.09.